The van der Waals surface area contributed by atoms with Gasteiger partial charge in [-0.3, -0.25) is 14.6 Å². The number of nitrogens with zero attached hydrogens (tertiary/aromatic N) is 2. The fourth-order valence-corrected chi connectivity index (χ4v) is 5.18. The lowest BCUT2D eigenvalue weighted by Gasteiger charge is -2.33. The van der Waals surface area contributed by atoms with Crippen molar-refractivity contribution >= 4 is 22.7 Å². The first-order chi connectivity index (χ1) is 17.7. The third kappa shape index (κ3) is 5.48. The summed E-state index contributed by atoms with van der Waals surface area (Å²) in [5.74, 6) is -0.241. The van der Waals surface area contributed by atoms with Gasteiger partial charge in [0.25, 0.3) is 0 Å². The van der Waals surface area contributed by atoms with Crippen molar-refractivity contribution in [1.29, 1.82) is 0 Å². The summed E-state index contributed by atoms with van der Waals surface area (Å²) >= 11 is 0. The predicted molar refractivity (Wildman–Crippen MR) is 141 cm³/mol. The lowest BCUT2D eigenvalue weighted by atomic mass is 9.94. The third-order valence-corrected chi connectivity index (χ3v) is 7.04. The minimum Gasteiger partial charge on any atom is -0.361 e. The monoisotopic (exact) mass is 480 g/mol. The molecule has 1 aliphatic rings. The molecule has 6 heteroatoms. The van der Waals surface area contributed by atoms with Crippen molar-refractivity contribution in [2.75, 3.05) is 0 Å². The van der Waals surface area contributed by atoms with Crippen LogP contribution in [0.5, 0.6) is 0 Å². The predicted octanol–water partition coefficient (Wildman–Crippen LogP) is 5.32. The standard InChI is InChI=1S/C30H32N4O2/c35-28(18-24-20-32-27-16-8-7-15-26(24)27)34(21-22-10-3-1-4-11-22)29(23-12-9-17-31-19-23)30(36)33-25-13-5-2-6-14-25/h1,3-4,7-12,15-17,19-20,25,29,32H,2,5-6,13-14,18,21H2,(H,33,36)/t29-/m0/s1. The first-order valence-electron chi connectivity index (χ1n) is 12.8. The fourth-order valence-electron chi connectivity index (χ4n) is 5.18. The van der Waals surface area contributed by atoms with Crippen LogP contribution in [0.2, 0.25) is 0 Å². The molecule has 36 heavy (non-hydrogen) atoms. The Balaban J connectivity index is 1.49. The Morgan fingerprint density at radius 2 is 1.75 bits per heavy atom. The highest BCUT2D eigenvalue weighted by atomic mass is 16.2. The summed E-state index contributed by atoms with van der Waals surface area (Å²) in [6.07, 6.45) is 10.9. The Morgan fingerprint density at radius 3 is 2.53 bits per heavy atom. The molecule has 4 aromatic rings. The van der Waals surface area contributed by atoms with Gasteiger partial charge in [0, 0.05) is 47.6 Å². The lowest BCUT2D eigenvalue weighted by Crippen LogP contribution is -2.47. The van der Waals surface area contributed by atoms with Crippen LogP contribution >= 0.6 is 0 Å². The van der Waals surface area contributed by atoms with Gasteiger partial charge < -0.3 is 15.2 Å². The van der Waals surface area contributed by atoms with Gasteiger partial charge in [-0.2, -0.15) is 0 Å². The van der Waals surface area contributed by atoms with Gasteiger partial charge >= 0.3 is 0 Å². The highest BCUT2D eigenvalue weighted by molar-refractivity contribution is 5.92. The molecule has 1 aliphatic carbocycles. The zero-order valence-electron chi connectivity index (χ0n) is 20.4. The molecular formula is C30H32N4O2. The highest BCUT2D eigenvalue weighted by Gasteiger charge is 2.33. The van der Waals surface area contributed by atoms with E-state index in [0.29, 0.717) is 12.1 Å². The molecule has 184 valence electrons. The van der Waals surface area contributed by atoms with E-state index in [1.54, 1.807) is 17.3 Å². The van der Waals surface area contributed by atoms with Gasteiger partial charge in [0.05, 0.1) is 6.42 Å². The number of aromatic amines is 1. The molecule has 1 saturated carbocycles. The fraction of sp³-hybridized carbons (Fsp3) is 0.300. The minimum absolute atomic E-state index is 0.101. The van der Waals surface area contributed by atoms with Crippen LogP contribution in [0.15, 0.2) is 85.3 Å². The number of para-hydroxylation sites is 1. The van der Waals surface area contributed by atoms with Crippen LogP contribution in [-0.4, -0.2) is 32.7 Å². The van der Waals surface area contributed by atoms with Gasteiger partial charge in [0.2, 0.25) is 11.8 Å². The first kappa shape index (κ1) is 23.8. The molecule has 2 amide bonds. The number of carbonyl (C=O) groups excluding carboxylic acids is 2. The van der Waals surface area contributed by atoms with Gasteiger partial charge in [-0.25, -0.2) is 0 Å². The molecule has 0 radical (unpaired) electrons. The van der Waals surface area contributed by atoms with Gasteiger partial charge in [-0.15, -0.1) is 0 Å². The summed E-state index contributed by atoms with van der Waals surface area (Å²) in [6, 6.07) is 20.9. The molecular weight excluding hydrogens is 448 g/mol. The Hall–Kier alpha value is -3.93. The van der Waals surface area contributed by atoms with E-state index in [4.69, 9.17) is 0 Å². The third-order valence-electron chi connectivity index (χ3n) is 7.04. The van der Waals surface area contributed by atoms with Gasteiger partial charge in [-0.1, -0.05) is 73.9 Å². The number of hydrogen-bond acceptors (Lipinski definition) is 3. The van der Waals surface area contributed by atoms with E-state index >= 15 is 0 Å². The number of nitrogens with one attached hydrogen (secondary N) is 2. The second-order valence-electron chi connectivity index (χ2n) is 9.58. The SMILES string of the molecule is O=C(NC1CCCCC1)[C@H](c1cccnc1)N(Cc1ccccc1)C(=O)Cc1c[nH]c2ccccc12. The van der Waals surface area contributed by atoms with Crippen LogP contribution in [0, 0.1) is 0 Å². The van der Waals surface area contributed by atoms with E-state index in [2.05, 4.69) is 15.3 Å². The quantitative estimate of drug-likeness (QED) is 0.358. The van der Waals surface area contributed by atoms with Crippen molar-refractivity contribution in [3.63, 3.8) is 0 Å². The van der Waals surface area contributed by atoms with Crippen LogP contribution in [0.4, 0.5) is 0 Å². The molecule has 0 bridgehead atoms. The Kier molecular flexibility index (Phi) is 7.41. The summed E-state index contributed by atoms with van der Waals surface area (Å²) in [5.41, 5.74) is 3.61. The summed E-state index contributed by atoms with van der Waals surface area (Å²) in [6.45, 7) is 0.333. The molecule has 2 aromatic heterocycles. The summed E-state index contributed by atoms with van der Waals surface area (Å²) < 4.78 is 0. The minimum atomic E-state index is -0.765. The number of aromatic nitrogens is 2. The number of H-pyrrole nitrogens is 1. The van der Waals surface area contributed by atoms with Crippen LogP contribution in [0.25, 0.3) is 10.9 Å². The zero-order valence-corrected chi connectivity index (χ0v) is 20.4. The van der Waals surface area contributed by atoms with Crippen molar-refractivity contribution in [3.05, 3.63) is 102 Å². The molecule has 0 spiro atoms. The number of amides is 2. The van der Waals surface area contributed by atoms with Crippen LogP contribution < -0.4 is 5.32 Å². The average Bonchev–Trinajstić information content (AvgIpc) is 3.33. The Morgan fingerprint density at radius 1 is 0.972 bits per heavy atom. The summed E-state index contributed by atoms with van der Waals surface area (Å²) in [5, 5.41) is 4.28. The highest BCUT2D eigenvalue weighted by Crippen LogP contribution is 2.27. The molecule has 5 rings (SSSR count). The smallest absolute Gasteiger partial charge is 0.247 e. The number of benzene rings is 2. The molecule has 0 unspecified atom stereocenters. The number of hydrogen-bond donors (Lipinski definition) is 2. The van der Waals surface area contributed by atoms with Gasteiger partial charge in [0.1, 0.15) is 6.04 Å². The van der Waals surface area contributed by atoms with E-state index in [9.17, 15) is 9.59 Å². The van der Waals surface area contributed by atoms with E-state index in [-0.39, 0.29) is 24.3 Å². The number of rotatable bonds is 8. The second kappa shape index (κ2) is 11.2. The van der Waals surface area contributed by atoms with Crippen molar-refractivity contribution in [2.45, 2.75) is 57.2 Å². The number of carbonyl (C=O) groups is 2. The van der Waals surface area contributed by atoms with Crippen molar-refractivity contribution in [3.8, 4) is 0 Å². The zero-order chi connectivity index (χ0) is 24.7. The molecule has 0 aliphatic heterocycles. The maximum absolute atomic E-state index is 14.0. The number of pyridine rings is 1. The number of fused-ring (bicyclic) bond motifs is 1. The molecule has 2 aromatic carbocycles. The molecule has 6 nitrogen and oxygen atoms in total. The van der Waals surface area contributed by atoms with Crippen LogP contribution in [0.3, 0.4) is 0 Å². The van der Waals surface area contributed by atoms with Crippen molar-refractivity contribution in [2.24, 2.45) is 0 Å². The summed E-state index contributed by atoms with van der Waals surface area (Å²) in [7, 11) is 0. The first-order valence-corrected chi connectivity index (χ1v) is 12.8. The Labute approximate surface area is 211 Å². The molecule has 2 heterocycles. The van der Waals surface area contributed by atoms with Gasteiger partial charge in [0.15, 0.2) is 0 Å². The topological polar surface area (TPSA) is 78.1 Å². The normalized spacial score (nSPS) is 14.9. The van der Waals surface area contributed by atoms with Crippen molar-refractivity contribution in [1.82, 2.24) is 20.2 Å². The average molecular weight is 481 g/mol. The van der Waals surface area contributed by atoms with Gasteiger partial charge in [-0.05, 0) is 36.1 Å². The lowest BCUT2D eigenvalue weighted by molar-refractivity contribution is -0.141. The van der Waals surface area contributed by atoms with E-state index < -0.39 is 6.04 Å². The molecule has 2 N–H and O–H groups in total. The second-order valence-corrected chi connectivity index (χ2v) is 9.58. The van der Waals surface area contributed by atoms with E-state index in [1.165, 1.54) is 6.42 Å². The molecule has 1 atom stereocenters. The molecule has 1 fully saturated rings. The van der Waals surface area contributed by atoms with E-state index in [0.717, 1.165) is 47.7 Å². The summed E-state index contributed by atoms with van der Waals surface area (Å²) in [4.78, 5) is 37.1. The largest absolute Gasteiger partial charge is 0.361 e. The maximum atomic E-state index is 14.0. The van der Waals surface area contributed by atoms with Crippen LogP contribution in [-0.2, 0) is 22.6 Å². The Bertz CT molecular complexity index is 1300. The van der Waals surface area contributed by atoms with E-state index in [1.807, 2.05) is 72.9 Å². The van der Waals surface area contributed by atoms with Crippen LogP contribution in [0.1, 0.15) is 54.8 Å². The molecule has 0 saturated heterocycles. The maximum Gasteiger partial charge on any atom is 0.247 e. The van der Waals surface area contributed by atoms with Crippen molar-refractivity contribution < 1.29 is 9.59 Å².